The molecule has 1 N–H and O–H groups in total. The summed E-state index contributed by atoms with van der Waals surface area (Å²) in [5, 5.41) is 11.1. The van der Waals surface area contributed by atoms with Crippen LogP contribution in [0.3, 0.4) is 0 Å². The van der Waals surface area contributed by atoms with Crippen LogP contribution in [0.15, 0.2) is 0 Å². The molecule has 3 aliphatic rings. The molecule has 3 rings (SSSR count). The van der Waals surface area contributed by atoms with Crippen molar-refractivity contribution in [3.63, 3.8) is 0 Å². The zero-order valence-corrected chi connectivity index (χ0v) is 11.2. The molecule has 0 aromatic heterocycles. The molecule has 0 saturated heterocycles. The largest absolute Gasteiger partial charge is 0.389 e. The van der Waals surface area contributed by atoms with E-state index in [2.05, 4.69) is 27.7 Å². The lowest BCUT2D eigenvalue weighted by Gasteiger charge is -2.37. The fourth-order valence-corrected chi connectivity index (χ4v) is 5.27. The van der Waals surface area contributed by atoms with Crippen molar-refractivity contribution in [2.45, 2.75) is 59.0 Å². The monoisotopic (exact) mass is 222 g/mol. The van der Waals surface area contributed by atoms with E-state index in [4.69, 9.17) is 0 Å². The first kappa shape index (κ1) is 11.1. The van der Waals surface area contributed by atoms with Crippen molar-refractivity contribution in [3.05, 3.63) is 0 Å². The second-order valence-corrected chi connectivity index (χ2v) is 7.47. The van der Waals surface area contributed by atoms with Crippen LogP contribution in [0.2, 0.25) is 0 Å². The SMILES string of the molecule is CC1CCC2(O)C(C)CCC3C(C12)C3(C)C. The van der Waals surface area contributed by atoms with Crippen LogP contribution in [0.4, 0.5) is 0 Å². The lowest BCUT2D eigenvalue weighted by atomic mass is 9.73. The fraction of sp³-hybridized carbons (Fsp3) is 1.00. The highest BCUT2D eigenvalue weighted by atomic mass is 16.3. The molecular formula is C15H26O. The van der Waals surface area contributed by atoms with Gasteiger partial charge in [0, 0.05) is 0 Å². The van der Waals surface area contributed by atoms with Gasteiger partial charge in [-0.3, -0.25) is 0 Å². The Morgan fingerprint density at radius 2 is 1.69 bits per heavy atom. The van der Waals surface area contributed by atoms with Gasteiger partial charge in [0.1, 0.15) is 0 Å². The Balaban J connectivity index is 1.98. The topological polar surface area (TPSA) is 20.2 Å². The van der Waals surface area contributed by atoms with Crippen LogP contribution < -0.4 is 0 Å². The molecule has 0 heterocycles. The van der Waals surface area contributed by atoms with Crippen LogP contribution in [-0.4, -0.2) is 10.7 Å². The van der Waals surface area contributed by atoms with Gasteiger partial charge in [0.2, 0.25) is 0 Å². The normalized spacial score (nSPS) is 58.7. The summed E-state index contributed by atoms with van der Waals surface area (Å²) in [7, 11) is 0. The Labute approximate surface area is 99.6 Å². The van der Waals surface area contributed by atoms with E-state index in [0.29, 0.717) is 17.3 Å². The summed E-state index contributed by atoms with van der Waals surface area (Å²) >= 11 is 0. The summed E-state index contributed by atoms with van der Waals surface area (Å²) in [6.07, 6.45) is 4.89. The molecule has 16 heavy (non-hydrogen) atoms. The predicted molar refractivity (Wildman–Crippen MR) is 66.0 cm³/mol. The van der Waals surface area contributed by atoms with E-state index in [-0.39, 0.29) is 5.60 Å². The first-order valence-corrected chi connectivity index (χ1v) is 7.11. The molecule has 6 atom stereocenters. The standard InChI is InChI=1S/C15H26O/c1-9-7-8-15(16)10(2)5-6-11-13(12(9)15)14(11,3)4/h9-13,16H,5-8H2,1-4H3. The third-order valence-corrected chi connectivity index (χ3v) is 6.48. The Morgan fingerprint density at radius 1 is 1.00 bits per heavy atom. The fourth-order valence-electron chi connectivity index (χ4n) is 5.27. The lowest BCUT2D eigenvalue weighted by molar-refractivity contribution is -0.0624. The van der Waals surface area contributed by atoms with Gasteiger partial charge >= 0.3 is 0 Å². The summed E-state index contributed by atoms with van der Waals surface area (Å²) < 4.78 is 0. The van der Waals surface area contributed by atoms with E-state index in [1.165, 1.54) is 19.3 Å². The van der Waals surface area contributed by atoms with Gasteiger partial charge in [0.25, 0.3) is 0 Å². The maximum Gasteiger partial charge on any atom is 0.0706 e. The Bertz CT molecular complexity index is 309. The highest BCUT2D eigenvalue weighted by Crippen LogP contribution is 2.71. The molecule has 0 amide bonds. The Kier molecular flexibility index (Phi) is 2.11. The molecule has 0 aliphatic heterocycles. The van der Waals surface area contributed by atoms with Crippen LogP contribution in [0.1, 0.15) is 53.4 Å². The van der Waals surface area contributed by atoms with Crippen molar-refractivity contribution < 1.29 is 5.11 Å². The quantitative estimate of drug-likeness (QED) is 0.665. The van der Waals surface area contributed by atoms with E-state index in [1.807, 2.05) is 0 Å². The minimum absolute atomic E-state index is 0.327. The summed E-state index contributed by atoms with van der Waals surface area (Å²) in [4.78, 5) is 0. The molecule has 6 unspecified atom stereocenters. The summed E-state index contributed by atoms with van der Waals surface area (Å²) in [5.41, 5.74) is 0.185. The molecule has 92 valence electrons. The van der Waals surface area contributed by atoms with Crippen molar-refractivity contribution in [1.82, 2.24) is 0 Å². The summed E-state index contributed by atoms with van der Waals surface area (Å²) in [5.74, 6) is 3.55. The molecule has 0 bridgehead atoms. The summed E-state index contributed by atoms with van der Waals surface area (Å²) in [6, 6.07) is 0. The average Bonchev–Trinajstić information content (AvgIpc) is 2.64. The number of rotatable bonds is 0. The Morgan fingerprint density at radius 3 is 2.38 bits per heavy atom. The van der Waals surface area contributed by atoms with Crippen LogP contribution in [-0.2, 0) is 0 Å². The van der Waals surface area contributed by atoms with E-state index in [1.54, 1.807) is 0 Å². The number of hydrogen-bond acceptors (Lipinski definition) is 1. The minimum Gasteiger partial charge on any atom is -0.389 e. The molecule has 3 aliphatic carbocycles. The van der Waals surface area contributed by atoms with E-state index < -0.39 is 0 Å². The van der Waals surface area contributed by atoms with Crippen molar-refractivity contribution in [2.75, 3.05) is 0 Å². The zero-order valence-electron chi connectivity index (χ0n) is 11.2. The maximum absolute atomic E-state index is 11.1. The first-order chi connectivity index (χ1) is 7.39. The molecule has 3 saturated carbocycles. The van der Waals surface area contributed by atoms with Crippen LogP contribution in [0.5, 0.6) is 0 Å². The van der Waals surface area contributed by atoms with Crippen LogP contribution in [0.25, 0.3) is 0 Å². The van der Waals surface area contributed by atoms with Gasteiger partial charge < -0.3 is 5.11 Å². The zero-order chi connectivity index (χ0) is 11.7. The van der Waals surface area contributed by atoms with Gasteiger partial charge in [0.15, 0.2) is 0 Å². The van der Waals surface area contributed by atoms with E-state index in [9.17, 15) is 5.11 Å². The molecule has 0 aromatic rings. The van der Waals surface area contributed by atoms with Crippen molar-refractivity contribution in [2.24, 2.45) is 35.0 Å². The lowest BCUT2D eigenvalue weighted by Crippen LogP contribution is -2.42. The van der Waals surface area contributed by atoms with Gasteiger partial charge in [-0.25, -0.2) is 0 Å². The van der Waals surface area contributed by atoms with Gasteiger partial charge in [-0.15, -0.1) is 0 Å². The van der Waals surface area contributed by atoms with Gasteiger partial charge in [-0.2, -0.15) is 0 Å². The van der Waals surface area contributed by atoms with Gasteiger partial charge in [0.05, 0.1) is 5.60 Å². The molecule has 0 radical (unpaired) electrons. The Hall–Kier alpha value is -0.0400. The molecule has 0 spiro atoms. The second kappa shape index (κ2) is 3.04. The molecule has 0 aromatic carbocycles. The number of hydrogen-bond donors (Lipinski definition) is 1. The van der Waals surface area contributed by atoms with Crippen LogP contribution in [0, 0.1) is 35.0 Å². The summed E-state index contributed by atoms with van der Waals surface area (Å²) in [6.45, 7) is 9.49. The van der Waals surface area contributed by atoms with Gasteiger partial charge in [-0.1, -0.05) is 27.7 Å². The average molecular weight is 222 g/mol. The van der Waals surface area contributed by atoms with Crippen LogP contribution >= 0.6 is 0 Å². The van der Waals surface area contributed by atoms with E-state index >= 15 is 0 Å². The number of aliphatic hydroxyl groups is 1. The minimum atomic E-state index is -0.327. The molecule has 1 nitrogen and oxygen atoms in total. The molecular weight excluding hydrogens is 196 g/mol. The first-order valence-electron chi connectivity index (χ1n) is 7.11. The van der Waals surface area contributed by atoms with Crippen molar-refractivity contribution >= 4 is 0 Å². The number of fused-ring (bicyclic) bond motifs is 3. The third-order valence-electron chi connectivity index (χ3n) is 6.48. The smallest absolute Gasteiger partial charge is 0.0706 e. The maximum atomic E-state index is 11.1. The molecule has 3 fully saturated rings. The van der Waals surface area contributed by atoms with Gasteiger partial charge in [-0.05, 0) is 60.7 Å². The second-order valence-electron chi connectivity index (χ2n) is 7.47. The third kappa shape index (κ3) is 1.16. The van der Waals surface area contributed by atoms with Crippen molar-refractivity contribution in [3.8, 4) is 0 Å². The highest BCUT2D eigenvalue weighted by Gasteiger charge is 2.68. The van der Waals surface area contributed by atoms with Crippen molar-refractivity contribution in [1.29, 1.82) is 0 Å². The predicted octanol–water partition coefficient (Wildman–Crippen LogP) is 3.47. The highest BCUT2D eigenvalue weighted by molar-refractivity contribution is 5.17. The molecule has 1 heteroatoms. The van der Waals surface area contributed by atoms with E-state index in [0.717, 1.165) is 24.2 Å².